The minimum Gasteiger partial charge on any atom is -0.282 e. The Morgan fingerprint density at radius 1 is 0.509 bits per heavy atom. The van der Waals surface area contributed by atoms with E-state index in [1.165, 1.54) is 0 Å². The molecule has 4 aromatic carbocycles. The van der Waals surface area contributed by atoms with Crippen LogP contribution in [0.1, 0.15) is 63.7 Å². The zero-order valence-electron chi connectivity index (χ0n) is 26.7. The number of fused-ring (bicyclic) bond motifs is 2. The number of carbonyl (C=O) groups excluding carboxylic acids is 4. The molecule has 20 heteroatoms. The van der Waals surface area contributed by atoms with Gasteiger partial charge in [-0.25, -0.2) is 9.80 Å². The number of rotatable bonds is 6. The minimum atomic E-state index is -6.55. The van der Waals surface area contributed by atoms with Crippen molar-refractivity contribution in [2.24, 2.45) is 0 Å². The van der Waals surface area contributed by atoms with E-state index >= 15 is 26.3 Å². The molecule has 280 valence electrons. The Labute approximate surface area is 305 Å². The first-order valence-corrected chi connectivity index (χ1v) is 17.6. The fraction of sp³-hybridized carbons (Fsp3) is 0.0857. The Morgan fingerprint density at radius 2 is 0.836 bits per heavy atom. The molecule has 0 saturated heterocycles. The van der Waals surface area contributed by atoms with Gasteiger partial charge in [0.1, 0.15) is 9.79 Å². The predicted molar refractivity (Wildman–Crippen MR) is 176 cm³/mol. The van der Waals surface area contributed by atoms with Crippen molar-refractivity contribution in [2.75, 3.05) is 9.80 Å². The molecule has 2 N–H and O–H groups in total. The molecular weight excluding hydrogens is 787 g/mol. The Morgan fingerprint density at radius 3 is 1.13 bits per heavy atom. The zero-order valence-corrected chi connectivity index (χ0v) is 28.4. The maximum Gasteiger partial charge on any atom is 0.411 e. The summed E-state index contributed by atoms with van der Waals surface area (Å²) in [7, 11) is -11.3. The zero-order chi connectivity index (χ0) is 40.8. The van der Waals surface area contributed by atoms with Gasteiger partial charge in [0.15, 0.2) is 0 Å². The van der Waals surface area contributed by atoms with Crippen molar-refractivity contribution < 1.29 is 71.5 Å². The highest BCUT2D eigenvalue weighted by atomic mass is 32.2. The summed E-state index contributed by atoms with van der Waals surface area (Å²) < 4.78 is 162. The van der Waals surface area contributed by atoms with Gasteiger partial charge in [0.2, 0.25) is 5.41 Å². The second-order valence-electron chi connectivity index (χ2n) is 11.8. The highest BCUT2D eigenvalue weighted by Crippen LogP contribution is 2.58. The van der Waals surface area contributed by atoms with Crippen LogP contribution in [0.3, 0.4) is 0 Å². The smallest absolute Gasteiger partial charge is 0.282 e. The molecule has 0 bridgehead atoms. The minimum absolute atomic E-state index is 0.00245. The standard InChI is InChI=1S/C35H16F6N2O10S2/c1-3-17-5-9-21-23(13-17)31(46)42(29(21)44)25-15-19(7-11-27(25)54(48,49)50)33(34(36,37)38,35(39,40)41)20-8-12-28(55(51,52)53)26(16-20)43-30(45)22-10-6-18(4-2)14-24(22)32(43)47/h1-2,5-16H,(H,48,49,50)(H,51,52,53). The van der Waals surface area contributed by atoms with Crippen molar-refractivity contribution in [3.05, 3.63) is 117 Å². The van der Waals surface area contributed by atoms with E-state index in [2.05, 4.69) is 11.8 Å². The van der Waals surface area contributed by atoms with Crippen molar-refractivity contribution in [3.8, 4) is 24.7 Å². The number of nitrogens with zero attached hydrogens (tertiary/aromatic N) is 2. The number of anilines is 2. The molecule has 2 aliphatic rings. The van der Waals surface area contributed by atoms with Crippen molar-refractivity contribution in [1.29, 1.82) is 0 Å². The van der Waals surface area contributed by atoms with Crippen LogP contribution < -0.4 is 9.80 Å². The Hall–Kier alpha value is -6.32. The quantitative estimate of drug-likeness (QED) is 0.114. The summed E-state index contributed by atoms with van der Waals surface area (Å²) in [6, 6.07) is 5.97. The summed E-state index contributed by atoms with van der Waals surface area (Å²) >= 11 is 0. The number of hydrogen-bond acceptors (Lipinski definition) is 8. The summed E-state index contributed by atoms with van der Waals surface area (Å²) in [5, 5.41) is 0. The third kappa shape index (κ3) is 5.74. The monoisotopic (exact) mass is 802 g/mol. The first kappa shape index (κ1) is 38.4. The average molecular weight is 803 g/mol. The van der Waals surface area contributed by atoms with Crippen LogP contribution in [0.15, 0.2) is 82.6 Å². The van der Waals surface area contributed by atoms with Gasteiger partial charge in [-0.2, -0.15) is 43.2 Å². The molecule has 2 heterocycles. The maximum absolute atomic E-state index is 15.4. The Kier molecular flexibility index (Phi) is 8.63. The molecule has 2 aliphatic heterocycles. The summed E-state index contributed by atoms with van der Waals surface area (Å²) in [6.07, 6.45) is -2.48. The molecule has 12 nitrogen and oxygen atoms in total. The molecule has 4 amide bonds. The lowest BCUT2D eigenvalue weighted by Gasteiger charge is -2.39. The second-order valence-corrected chi connectivity index (χ2v) is 14.5. The second kappa shape index (κ2) is 12.4. The SMILES string of the molecule is C#Cc1ccc2c(c1)C(=O)N(c1cc(C(c3ccc(S(=O)(=O)O)c(N4C(=O)c5ccc(C#C)cc5C4=O)c3)(C(F)(F)F)C(F)(F)F)ccc1S(=O)(=O)O)C2=O. The third-order valence-electron chi connectivity index (χ3n) is 8.78. The number of benzene rings is 4. The third-order valence-corrected chi connectivity index (χ3v) is 10.6. The number of imide groups is 2. The van der Waals surface area contributed by atoms with Crippen molar-refractivity contribution in [3.63, 3.8) is 0 Å². The van der Waals surface area contributed by atoms with E-state index < -0.39 is 116 Å². The summed E-state index contributed by atoms with van der Waals surface area (Å²) in [5.41, 5.74) is -14.2. The molecule has 0 aliphatic carbocycles. The summed E-state index contributed by atoms with van der Waals surface area (Å²) in [4.78, 5) is 50.6. The fourth-order valence-electron chi connectivity index (χ4n) is 6.37. The van der Waals surface area contributed by atoms with E-state index in [0.717, 1.165) is 36.4 Å². The predicted octanol–water partition coefficient (Wildman–Crippen LogP) is 5.15. The number of carbonyl (C=O) groups is 4. The number of halogens is 6. The van der Waals surface area contributed by atoms with Gasteiger partial charge in [-0.05, 0) is 71.8 Å². The van der Waals surface area contributed by atoms with Gasteiger partial charge < -0.3 is 0 Å². The van der Waals surface area contributed by atoms with Gasteiger partial charge in [-0.15, -0.1) is 12.8 Å². The molecule has 55 heavy (non-hydrogen) atoms. The summed E-state index contributed by atoms with van der Waals surface area (Å²) in [6.45, 7) is 0. The van der Waals surface area contributed by atoms with Gasteiger partial charge >= 0.3 is 12.4 Å². The van der Waals surface area contributed by atoms with Gasteiger partial charge in [0.05, 0.1) is 33.6 Å². The van der Waals surface area contributed by atoms with Crippen molar-refractivity contribution >= 4 is 55.2 Å². The van der Waals surface area contributed by atoms with E-state index in [1.807, 2.05) is 0 Å². The number of terminal acetylenes is 2. The first-order chi connectivity index (χ1) is 25.4. The fourth-order valence-corrected chi connectivity index (χ4v) is 7.68. The van der Waals surface area contributed by atoms with Crippen LogP contribution in [0.25, 0.3) is 0 Å². The Bertz CT molecular complexity index is 2580. The molecule has 0 fully saturated rings. The van der Waals surface area contributed by atoms with E-state index in [-0.39, 0.29) is 57.3 Å². The van der Waals surface area contributed by atoms with Crippen LogP contribution in [0.5, 0.6) is 0 Å². The molecule has 4 aromatic rings. The highest BCUT2D eigenvalue weighted by Gasteiger charge is 2.73. The first-order valence-electron chi connectivity index (χ1n) is 14.8. The van der Waals surface area contributed by atoms with Crippen LogP contribution in [0.4, 0.5) is 37.7 Å². The molecular formula is C35H16F6N2O10S2. The van der Waals surface area contributed by atoms with Crippen LogP contribution >= 0.6 is 0 Å². The van der Waals surface area contributed by atoms with Gasteiger partial charge in [-0.1, -0.05) is 24.0 Å². The lowest BCUT2D eigenvalue weighted by molar-refractivity contribution is -0.288. The molecule has 0 spiro atoms. The van der Waals surface area contributed by atoms with Gasteiger partial charge in [0.25, 0.3) is 43.9 Å². The normalized spacial score (nSPS) is 14.9. The van der Waals surface area contributed by atoms with E-state index in [0.29, 0.717) is 0 Å². The Balaban J connectivity index is 1.67. The van der Waals surface area contributed by atoms with E-state index in [4.69, 9.17) is 12.8 Å². The van der Waals surface area contributed by atoms with Crippen LogP contribution in [0.2, 0.25) is 0 Å². The van der Waals surface area contributed by atoms with E-state index in [1.54, 1.807) is 0 Å². The molecule has 0 aromatic heterocycles. The highest BCUT2D eigenvalue weighted by molar-refractivity contribution is 7.86. The van der Waals surface area contributed by atoms with Crippen LogP contribution in [-0.2, 0) is 25.7 Å². The van der Waals surface area contributed by atoms with Crippen LogP contribution in [-0.4, -0.2) is 61.9 Å². The molecule has 6 rings (SSSR count). The van der Waals surface area contributed by atoms with E-state index in [9.17, 15) is 45.1 Å². The molecule has 0 unspecified atom stereocenters. The number of alkyl halides is 6. The number of amides is 4. The molecule has 0 atom stereocenters. The van der Waals surface area contributed by atoms with Crippen molar-refractivity contribution in [2.45, 2.75) is 27.6 Å². The average Bonchev–Trinajstić information content (AvgIpc) is 3.48. The van der Waals surface area contributed by atoms with Gasteiger partial charge in [0, 0.05) is 11.1 Å². The van der Waals surface area contributed by atoms with Crippen LogP contribution in [0, 0.1) is 24.7 Å². The van der Waals surface area contributed by atoms with Crippen molar-refractivity contribution in [1.82, 2.24) is 0 Å². The van der Waals surface area contributed by atoms with Gasteiger partial charge in [-0.3, -0.25) is 28.3 Å². The molecule has 0 saturated carbocycles. The summed E-state index contributed by atoms with van der Waals surface area (Å²) in [5.74, 6) is -1.50. The molecule has 0 radical (unpaired) electrons. The topological polar surface area (TPSA) is 183 Å². The maximum atomic E-state index is 15.4. The number of hydrogen-bond donors (Lipinski definition) is 2. The lowest BCUT2D eigenvalue weighted by Crippen LogP contribution is -2.55. The largest absolute Gasteiger partial charge is 0.411 e. The lowest BCUT2D eigenvalue weighted by atomic mass is 9.72.